The lowest BCUT2D eigenvalue weighted by Gasteiger charge is -2.59. The molecule has 3 N–H and O–H groups in total. The van der Waals surface area contributed by atoms with Gasteiger partial charge in [0.1, 0.15) is 11.8 Å². The number of rotatable bonds is 7. The topological polar surface area (TPSA) is 123 Å². The van der Waals surface area contributed by atoms with Gasteiger partial charge in [0.25, 0.3) is 5.91 Å². The zero-order valence-electron chi connectivity index (χ0n) is 20.8. The molecule has 1 aromatic rings. The van der Waals surface area contributed by atoms with Gasteiger partial charge in [-0.2, -0.15) is 0 Å². The fourth-order valence-corrected chi connectivity index (χ4v) is 5.92. The van der Waals surface area contributed by atoms with E-state index in [0.29, 0.717) is 30.9 Å². The first-order valence-corrected chi connectivity index (χ1v) is 12.5. The van der Waals surface area contributed by atoms with Gasteiger partial charge in [-0.05, 0) is 37.9 Å². The van der Waals surface area contributed by atoms with E-state index in [2.05, 4.69) is 32.8 Å². The van der Waals surface area contributed by atoms with Gasteiger partial charge in [-0.3, -0.25) is 19.7 Å². The number of methoxy groups -OCH3 is 1. The van der Waals surface area contributed by atoms with E-state index in [0.717, 1.165) is 44.7 Å². The summed E-state index contributed by atoms with van der Waals surface area (Å²) in [5.74, 6) is 0.332. The first-order valence-electron chi connectivity index (χ1n) is 12.5. The van der Waals surface area contributed by atoms with E-state index >= 15 is 0 Å². The van der Waals surface area contributed by atoms with Crippen LogP contribution in [0.2, 0.25) is 0 Å². The van der Waals surface area contributed by atoms with Crippen LogP contribution in [0.15, 0.2) is 18.2 Å². The maximum Gasteiger partial charge on any atom is 0.322 e. The van der Waals surface area contributed by atoms with Gasteiger partial charge in [0, 0.05) is 62.9 Å². The van der Waals surface area contributed by atoms with Crippen LogP contribution in [0, 0.1) is 11.3 Å². The van der Waals surface area contributed by atoms with Crippen molar-refractivity contribution in [2.24, 2.45) is 11.3 Å². The second-order valence-corrected chi connectivity index (χ2v) is 10.7. The van der Waals surface area contributed by atoms with Crippen LogP contribution in [-0.2, 0) is 14.4 Å². The average molecular weight is 499 g/mol. The number of amides is 5. The first-order chi connectivity index (χ1) is 17.2. The lowest BCUT2D eigenvalue weighted by Crippen LogP contribution is -2.64. The Balaban J connectivity index is 1.06. The van der Waals surface area contributed by atoms with Gasteiger partial charge in [0.05, 0.1) is 19.2 Å². The number of nitrogens with one attached hydrogen (secondary N) is 3. The second kappa shape index (κ2) is 9.61. The molecule has 194 valence electrons. The van der Waals surface area contributed by atoms with Crippen LogP contribution >= 0.6 is 0 Å². The third-order valence-corrected chi connectivity index (χ3v) is 7.89. The molecule has 1 aliphatic carbocycles. The standard InChI is InChI=1S/C25H34N6O5/c1-29-5-7-30(8-6-29)17-3-4-18(20(10-17)36-2)26-21(32)9-16-12-25(13-16)14-31(15-25)22(33)11-19-23(34)28-24(35)27-19/h3-4,10,16,19H,5-9,11-15H2,1-2H3,(H,26,32)(H2,27,28,34,35)/t19-/m0/s1. The van der Waals surface area contributed by atoms with Crippen LogP contribution < -0.4 is 25.6 Å². The minimum atomic E-state index is -0.785. The van der Waals surface area contributed by atoms with Gasteiger partial charge < -0.3 is 30.1 Å². The highest BCUT2D eigenvalue weighted by Gasteiger charge is 2.54. The largest absolute Gasteiger partial charge is 0.494 e. The fourth-order valence-electron chi connectivity index (χ4n) is 5.92. The number of urea groups is 1. The van der Waals surface area contributed by atoms with Gasteiger partial charge in [-0.25, -0.2) is 4.79 Å². The van der Waals surface area contributed by atoms with E-state index in [1.165, 1.54) is 0 Å². The molecule has 4 fully saturated rings. The van der Waals surface area contributed by atoms with Crippen molar-refractivity contribution < 1.29 is 23.9 Å². The summed E-state index contributed by atoms with van der Waals surface area (Å²) in [4.78, 5) is 54.4. The molecule has 3 aliphatic heterocycles. The molecule has 0 unspecified atom stereocenters. The summed E-state index contributed by atoms with van der Waals surface area (Å²) in [6, 6.07) is 4.59. The Morgan fingerprint density at radius 2 is 1.83 bits per heavy atom. The van der Waals surface area contributed by atoms with E-state index in [9.17, 15) is 19.2 Å². The molecule has 4 aliphatic rings. The van der Waals surface area contributed by atoms with Gasteiger partial charge in [-0.15, -0.1) is 0 Å². The molecule has 1 spiro atoms. The molecule has 5 amide bonds. The molecule has 11 nitrogen and oxygen atoms in total. The van der Waals surface area contributed by atoms with E-state index in [1.807, 2.05) is 18.2 Å². The van der Waals surface area contributed by atoms with E-state index < -0.39 is 18.0 Å². The highest BCUT2D eigenvalue weighted by molar-refractivity contribution is 6.05. The van der Waals surface area contributed by atoms with Crippen LogP contribution in [0.3, 0.4) is 0 Å². The lowest BCUT2D eigenvalue weighted by molar-refractivity contribution is -0.157. The SMILES string of the molecule is COc1cc(N2CCN(C)CC2)ccc1NC(=O)CC1CC2(C1)CN(C(=O)C[C@@H]1NC(=O)NC1=O)C2. The van der Waals surface area contributed by atoms with Crippen molar-refractivity contribution in [2.45, 2.75) is 31.7 Å². The number of hydrogen-bond donors (Lipinski definition) is 3. The summed E-state index contributed by atoms with van der Waals surface area (Å²) in [6.07, 6.45) is 2.23. The number of likely N-dealkylation sites (N-methyl/N-ethyl adjacent to an activating group) is 1. The number of imide groups is 1. The Bertz CT molecular complexity index is 1060. The highest BCUT2D eigenvalue weighted by atomic mass is 16.5. The molecule has 36 heavy (non-hydrogen) atoms. The van der Waals surface area contributed by atoms with Crippen molar-refractivity contribution >= 4 is 35.1 Å². The average Bonchev–Trinajstić information content (AvgIpc) is 3.11. The van der Waals surface area contributed by atoms with Crippen LogP contribution in [0.25, 0.3) is 0 Å². The minimum Gasteiger partial charge on any atom is -0.494 e. The fraction of sp³-hybridized carbons (Fsp3) is 0.600. The third kappa shape index (κ3) is 4.97. The maximum atomic E-state index is 12.7. The van der Waals surface area contributed by atoms with Gasteiger partial charge in [-0.1, -0.05) is 0 Å². The summed E-state index contributed by atoms with van der Waals surface area (Å²) in [5.41, 5.74) is 1.86. The summed E-state index contributed by atoms with van der Waals surface area (Å²) in [5, 5.41) is 7.61. The van der Waals surface area contributed by atoms with Crippen molar-refractivity contribution in [1.82, 2.24) is 20.4 Å². The Morgan fingerprint density at radius 3 is 2.47 bits per heavy atom. The number of likely N-dealkylation sites (tertiary alicyclic amines) is 1. The molecule has 1 saturated carbocycles. The van der Waals surface area contributed by atoms with Crippen molar-refractivity contribution in [3.05, 3.63) is 18.2 Å². The molecule has 3 heterocycles. The molecule has 1 aromatic carbocycles. The number of benzene rings is 1. The Hall–Kier alpha value is -3.34. The molecular formula is C25H34N6O5. The van der Waals surface area contributed by atoms with Gasteiger partial charge in [0.2, 0.25) is 11.8 Å². The highest BCUT2D eigenvalue weighted by Crippen LogP contribution is 2.53. The molecule has 11 heteroatoms. The first kappa shape index (κ1) is 24.4. The molecule has 3 saturated heterocycles. The number of anilines is 2. The number of carbonyl (C=O) groups excluding carboxylic acids is 4. The summed E-state index contributed by atoms with van der Waals surface area (Å²) < 4.78 is 5.56. The Labute approximate surface area is 210 Å². The Kier molecular flexibility index (Phi) is 6.50. The van der Waals surface area contributed by atoms with E-state index in [-0.39, 0.29) is 29.6 Å². The zero-order valence-corrected chi connectivity index (χ0v) is 20.8. The predicted molar refractivity (Wildman–Crippen MR) is 133 cm³/mol. The Morgan fingerprint density at radius 1 is 1.11 bits per heavy atom. The van der Waals surface area contributed by atoms with Crippen LogP contribution in [0.1, 0.15) is 25.7 Å². The van der Waals surface area contributed by atoms with Crippen molar-refractivity contribution in [2.75, 3.05) is 63.6 Å². The molecular weight excluding hydrogens is 464 g/mol. The molecule has 5 rings (SSSR count). The van der Waals surface area contributed by atoms with Crippen LogP contribution in [0.4, 0.5) is 16.2 Å². The van der Waals surface area contributed by atoms with E-state index in [4.69, 9.17) is 4.74 Å². The van der Waals surface area contributed by atoms with Crippen molar-refractivity contribution in [3.63, 3.8) is 0 Å². The van der Waals surface area contributed by atoms with Gasteiger partial charge >= 0.3 is 6.03 Å². The number of hydrogen-bond acceptors (Lipinski definition) is 7. The predicted octanol–water partition coefficient (Wildman–Crippen LogP) is 0.612. The molecule has 0 aromatic heterocycles. The normalized spacial score (nSPS) is 23.6. The number of carbonyl (C=O) groups is 4. The van der Waals surface area contributed by atoms with Crippen LogP contribution in [-0.4, -0.2) is 93.0 Å². The molecule has 0 bridgehead atoms. The van der Waals surface area contributed by atoms with E-state index in [1.54, 1.807) is 12.0 Å². The summed E-state index contributed by atoms with van der Waals surface area (Å²) >= 11 is 0. The van der Waals surface area contributed by atoms with Crippen molar-refractivity contribution in [1.29, 1.82) is 0 Å². The monoisotopic (exact) mass is 498 g/mol. The lowest BCUT2D eigenvalue weighted by atomic mass is 9.57. The van der Waals surface area contributed by atoms with Gasteiger partial charge in [0.15, 0.2) is 0 Å². The third-order valence-electron chi connectivity index (χ3n) is 7.89. The quantitative estimate of drug-likeness (QED) is 0.471. The second-order valence-electron chi connectivity index (χ2n) is 10.7. The number of piperazine rings is 1. The summed E-state index contributed by atoms with van der Waals surface area (Å²) in [6.45, 7) is 5.26. The molecule has 1 atom stereocenters. The van der Waals surface area contributed by atoms with Crippen LogP contribution in [0.5, 0.6) is 5.75 Å². The number of nitrogens with zero attached hydrogens (tertiary/aromatic N) is 3. The number of ether oxygens (including phenoxy) is 1. The molecule has 0 radical (unpaired) electrons. The smallest absolute Gasteiger partial charge is 0.322 e. The zero-order chi connectivity index (χ0) is 25.4. The summed E-state index contributed by atoms with van der Waals surface area (Å²) in [7, 11) is 3.74. The maximum absolute atomic E-state index is 12.7. The minimum absolute atomic E-state index is 0.0189. The van der Waals surface area contributed by atoms with Crippen molar-refractivity contribution in [3.8, 4) is 5.75 Å².